The van der Waals surface area contributed by atoms with Gasteiger partial charge in [-0.1, -0.05) is 42.5 Å². The van der Waals surface area contributed by atoms with Gasteiger partial charge in [-0.2, -0.15) is 0 Å². The van der Waals surface area contributed by atoms with Crippen LogP contribution in [0, 0.1) is 0 Å². The molecule has 0 spiro atoms. The highest BCUT2D eigenvalue weighted by atomic mass is 15.0. The number of nitrogens with zero attached hydrogens (tertiary/aromatic N) is 1. The zero-order valence-electron chi connectivity index (χ0n) is 11.9. The van der Waals surface area contributed by atoms with Gasteiger partial charge in [0.1, 0.15) is 0 Å². The summed E-state index contributed by atoms with van der Waals surface area (Å²) in [7, 11) is 1.89. The van der Waals surface area contributed by atoms with Crippen molar-refractivity contribution < 1.29 is 0 Å². The van der Waals surface area contributed by atoms with Crippen LogP contribution in [0.2, 0.25) is 0 Å². The molecule has 0 saturated carbocycles. The molecule has 0 amide bonds. The number of pyridine rings is 1. The second-order valence-corrected chi connectivity index (χ2v) is 4.72. The van der Waals surface area contributed by atoms with E-state index in [4.69, 9.17) is 0 Å². The number of anilines is 3. The van der Waals surface area contributed by atoms with Crippen LogP contribution in [0.4, 0.5) is 17.2 Å². The van der Waals surface area contributed by atoms with Gasteiger partial charge in [0.2, 0.25) is 0 Å². The second kappa shape index (κ2) is 6.09. The molecule has 2 N–H and O–H groups in total. The second-order valence-electron chi connectivity index (χ2n) is 4.72. The van der Waals surface area contributed by atoms with Crippen LogP contribution in [-0.4, -0.2) is 12.0 Å². The highest BCUT2D eigenvalue weighted by Crippen LogP contribution is 2.26. The van der Waals surface area contributed by atoms with E-state index in [-0.39, 0.29) is 0 Å². The van der Waals surface area contributed by atoms with Crippen molar-refractivity contribution in [1.82, 2.24) is 4.98 Å². The van der Waals surface area contributed by atoms with E-state index in [1.807, 2.05) is 49.5 Å². The Hall–Kier alpha value is -2.81. The molecule has 21 heavy (non-hydrogen) atoms. The maximum Gasteiger partial charge on any atom is 0.153 e. The van der Waals surface area contributed by atoms with Crippen molar-refractivity contribution in [3.8, 4) is 11.1 Å². The highest BCUT2D eigenvalue weighted by Gasteiger charge is 2.03. The fourth-order valence-electron chi connectivity index (χ4n) is 2.25. The fraction of sp³-hybridized carbons (Fsp3) is 0.0556. The number of aromatic nitrogens is 1. The molecule has 3 aromatic rings. The van der Waals surface area contributed by atoms with E-state index in [1.165, 1.54) is 11.1 Å². The van der Waals surface area contributed by atoms with E-state index < -0.39 is 0 Å². The normalized spacial score (nSPS) is 10.1. The average Bonchev–Trinajstić information content (AvgIpc) is 2.56. The van der Waals surface area contributed by atoms with Crippen LogP contribution in [-0.2, 0) is 0 Å². The molecule has 0 aliphatic heterocycles. The van der Waals surface area contributed by atoms with E-state index in [9.17, 15) is 0 Å². The average molecular weight is 275 g/mol. The van der Waals surface area contributed by atoms with Gasteiger partial charge in [0.25, 0.3) is 0 Å². The van der Waals surface area contributed by atoms with Crippen molar-refractivity contribution >= 4 is 17.2 Å². The van der Waals surface area contributed by atoms with Crippen LogP contribution in [0.1, 0.15) is 0 Å². The summed E-state index contributed by atoms with van der Waals surface area (Å²) in [6.07, 6.45) is 1.78. The maximum absolute atomic E-state index is 4.37. The molecule has 3 heteroatoms. The van der Waals surface area contributed by atoms with Gasteiger partial charge in [0.15, 0.2) is 5.82 Å². The Bertz CT molecular complexity index is 723. The minimum Gasteiger partial charge on any atom is -0.385 e. The van der Waals surface area contributed by atoms with Crippen LogP contribution in [0.5, 0.6) is 0 Å². The number of nitrogens with one attached hydrogen (secondary N) is 2. The standard InChI is InChI=1S/C18H17N3/c1-19-17-11-6-12-20-18(17)21-16-10-5-9-15(13-16)14-7-3-2-4-8-14/h2-13,19H,1H3,(H,20,21). The first-order valence-corrected chi connectivity index (χ1v) is 6.92. The molecule has 0 bridgehead atoms. The van der Waals surface area contributed by atoms with E-state index in [0.717, 1.165) is 17.2 Å². The Labute approximate surface area is 124 Å². The van der Waals surface area contributed by atoms with Crippen LogP contribution in [0.3, 0.4) is 0 Å². The number of rotatable bonds is 4. The lowest BCUT2D eigenvalue weighted by atomic mass is 10.1. The molecular formula is C18H17N3. The van der Waals surface area contributed by atoms with Gasteiger partial charge in [0, 0.05) is 18.9 Å². The molecular weight excluding hydrogens is 258 g/mol. The van der Waals surface area contributed by atoms with Crippen LogP contribution in [0.25, 0.3) is 11.1 Å². The maximum atomic E-state index is 4.37. The first-order chi connectivity index (χ1) is 10.4. The van der Waals surface area contributed by atoms with Crippen LogP contribution < -0.4 is 10.6 Å². The van der Waals surface area contributed by atoms with Gasteiger partial charge in [-0.05, 0) is 35.4 Å². The molecule has 2 aromatic carbocycles. The first kappa shape index (κ1) is 13.2. The molecule has 0 aliphatic rings. The van der Waals surface area contributed by atoms with E-state index in [2.05, 4.69) is 39.9 Å². The molecule has 1 heterocycles. The summed E-state index contributed by atoms with van der Waals surface area (Å²) in [5.41, 5.74) is 4.38. The topological polar surface area (TPSA) is 37.0 Å². The SMILES string of the molecule is CNc1cccnc1Nc1cccc(-c2ccccc2)c1. The Balaban J connectivity index is 1.90. The number of benzene rings is 2. The molecule has 3 rings (SSSR count). The smallest absolute Gasteiger partial charge is 0.153 e. The van der Waals surface area contributed by atoms with Crippen molar-refractivity contribution in [2.75, 3.05) is 17.7 Å². The molecule has 104 valence electrons. The van der Waals surface area contributed by atoms with Crippen molar-refractivity contribution in [2.45, 2.75) is 0 Å². The summed E-state index contributed by atoms with van der Waals surface area (Å²) in [4.78, 5) is 4.37. The van der Waals surface area contributed by atoms with Crippen LogP contribution in [0.15, 0.2) is 72.9 Å². The van der Waals surface area contributed by atoms with Gasteiger partial charge < -0.3 is 10.6 Å². The summed E-state index contributed by atoms with van der Waals surface area (Å²) in [6.45, 7) is 0. The summed E-state index contributed by atoms with van der Waals surface area (Å²) in [5.74, 6) is 0.824. The molecule has 0 fully saturated rings. The zero-order valence-corrected chi connectivity index (χ0v) is 11.9. The van der Waals surface area contributed by atoms with Gasteiger partial charge in [-0.25, -0.2) is 4.98 Å². The lowest BCUT2D eigenvalue weighted by Gasteiger charge is -2.11. The summed E-state index contributed by atoms with van der Waals surface area (Å²) < 4.78 is 0. The van der Waals surface area contributed by atoms with Gasteiger partial charge in [-0.3, -0.25) is 0 Å². The predicted octanol–water partition coefficient (Wildman–Crippen LogP) is 4.53. The lowest BCUT2D eigenvalue weighted by Crippen LogP contribution is -1.99. The third-order valence-corrected chi connectivity index (χ3v) is 3.31. The van der Waals surface area contributed by atoms with Crippen molar-refractivity contribution in [3.63, 3.8) is 0 Å². The Morgan fingerprint density at radius 3 is 2.43 bits per heavy atom. The molecule has 3 nitrogen and oxygen atoms in total. The van der Waals surface area contributed by atoms with Crippen molar-refractivity contribution in [1.29, 1.82) is 0 Å². The van der Waals surface area contributed by atoms with Crippen molar-refractivity contribution in [2.24, 2.45) is 0 Å². The Morgan fingerprint density at radius 1 is 0.810 bits per heavy atom. The largest absolute Gasteiger partial charge is 0.385 e. The van der Waals surface area contributed by atoms with Gasteiger partial charge in [-0.15, -0.1) is 0 Å². The molecule has 1 aromatic heterocycles. The molecule has 0 aliphatic carbocycles. The third kappa shape index (κ3) is 3.03. The number of hydrogen-bond acceptors (Lipinski definition) is 3. The predicted molar refractivity (Wildman–Crippen MR) is 88.9 cm³/mol. The summed E-state index contributed by atoms with van der Waals surface area (Å²) in [5, 5.41) is 6.50. The zero-order chi connectivity index (χ0) is 14.5. The summed E-state index contributed by atoms with van der Waals surface area (Å²) >= 11 is 0. The summed E-state index contributed by atoms with van der Waals surface area (Å²) in [6, 6.07) is 22.6. The Kier molecular flexibility index (Phi) is 3.83. The van der Waals surface area contributed by atoms with Gasteiger partial charge >= 0.3 is 0 Å². The van der Waals surface area contributed by atoms with E-state index in [0.29, 0.717) is 0 Å². The lowest BCUT2D eigenvalue weighted by molar-refractivity contribution is 1.29. The molecule has 0 atom stereocenters. The van der Waals surface area contributed by atoms with Crippen molar-refractivity contribution in [3.05, 3.63) is 72.9 Å². The van der Waals surface area contributed by atoms with E-state index in [1.54, 1.807) is 6.20 Å². The molecule has 0 unspecified atom stereocenters. The monoisotopic (exact) mass is 275 g/mol. The quantitative estimate of drug-likeness (QED) is 0.734. The van der Waals surface area contributed by atoms with Gasteiger partial charge in [0.05, 0.1) is 5.69 Å². The highest BCUT2D eigenvalue weighted by molar-refractivity contribution is 5.74. The molecule has 0 saturated heterocycles. The van der Waals surface area contributed by atoms with E-state index >= 15 is 0 Å². The minimum atomic E-state index is 0.824. The molecule has 0 radical (unpaired) electrons. The first-order valence-electron chi connectivity index (χ1n) is 6.92. The van der Waals surface area contributed by atoms with Crippen LogP contribution >= 0.6 is 0 Å². The fourth-order valence-corrected chi connectivity index (χ4v) is 2.25. The number of hydrogen-bond donors (Lipinski definition) is 2. The minimum absolute atomic E-state index is 0.824. The third-order valence-electron chi connectivity index (χ3n) is 3.31. The Morgan fingerprint density at radius 2 is 1.62 bits per heavy atom.